The molecule has 78 valence electrons. The summed E-state index contributed by atoms with van der Waals surface area (Å²) in [5, 5.41) is 4.30. The molecule has 0 aliphatic rings. The fraction of sp³-hybridized carbons (Fsp3) is 0.250. The van der Waals surface area contributed by atoms with E-state index in [0.717, 1.165) is 16.8 Å². The number of hydrogen-bond acceptors (Lipinski definition) is 2. The van der Waals surface area contributed by atoms with Crippen LogP contribution in [-0.4, -0.2) is 9.78 Å². The van der Waals surface area contributed by atoms with Gasteiger partial charge in [-0.3, -0.25) is 0 Å². The second kappa shape index (κ2) is 3.87. The molecule has 0 atom stereocenters. The summed E-state index contributed by atoms with van der Waals surface area (Å²) in [5.74, 6) is 0. The zero-order valence-electron chi connectivity index (χ0n) is 9.07. The maximum atomic E-state index is 5.70. The van der Waals surface area contributed by atoms with E-state index in [0.29, 0.717) is 6.54 Å². The van der Waals surface area contributed by atoms with Gasteiger partial charge in [0, 0.05) is 12.7 Å². The molecule has 0 saturated carbocycles. The van der Waals surface area contributed by atoms with Crippen molar-refractivity contribution in [2.24, 2.45) is 5.73 Å². The molecule has 0 saturated heterocycles. The second-order valence-electron chi connectivity index (χ2n) is 3.80. The summed E-state index contributed by atoms with van der Waals surface area (Å²) in [6.07, 6.45) is 3.86. The number of rotatable bonds is 2. The van der Waals surface area contributed by atoms with Crippen molar-refractivity contribution in [1.29, 1.82) is 0 Å². The predicted molar refractivity (Wildman–Crippen MR) is 60.9 cm³/mol. The number of nitrogens with zero attached hydrogens (tertiary/aromatic N) is 2. The van der Waals surface area contributed by atoms with Crippen LogP contribution in [0.3, 0.4) is 0 Å². The summed E-state index contributed by atoms with van der Waals surface area (Å²) in [7, 11) is 0. The number of aromatic nitrogens is 2. The smallest absolute Gasteiger partial charge is 0.0693 e. The zero-order valence-corrected chi connectivity index (χ0v) is 9.07. The maximum Gasteiger partial charge on any atom is 0.0693 e. The van der Waals surface area contributed by atoms with E-state index in [-0.39, 0.29) is 0 Å². The Morgan fingerprint density at radius 3 is 2.67 bits per heavy atom. The largest absolute Gasteiger partial charge is 0.326 e. The minimum atomic E-state index is 0.536. The van der Waals surface area contributed by atoms with Gasteiger partial charge in [0.2, 0.25) is 0 Å². The maximum absolute atomic E-state index is 5.70. The molecule has 2 aromatic rings. The van der Waals surface area contributed by atoms with E-state index in [9.17, 15) is 0 Å². The molecule has 0 amide bonds. The first kappa shape index (κ1) is 9.93. The van der Waals surface area contributed by atoms with E-state index in [1.54, 1.807) is 0 Å². The van der Waals surface area contributed by atoms with Crippen LogP contribution in [0.5, 0.6) is 0 Å². The van der Waals surface area contributed by atoms with Gasteiger partial charge in [0.05, 0.1) is 11.9 Å². The lowest BCUT2D eigenvalue weighted by atomic mass is 10.1. The van der Waals surface area contributed by atoms with E-state index in [4.69, 9.17) is 5.73 Å². The summed E-state index contributed by atoms with van der Waals surface area (Å²) in [5.41, 5.74) is 10.3. The van der Waals surface area contributed by atoms with Gasteiger partial charge in [-0.1, -0.05) is 12.1 Å². The molecule has 15 heavy (non-hydrogen) atoms. The van der Waals surface area contributed by atoms with Gasteiger partial charge in [0.1, 0.15) is 0 Å². The van der Waals surface area contributed by atoms with Crippen LogP contribution >= 0.6 is 0 Å². The topological polar surface area (TPSA) is 43.8 Å². The molecule has 0 unspecified atom stereocenters. The lowest BCUT2D eigenvalue weighted by Gasteiger charge is -2.08. The summed E-state index contributed by atoms with van der Waals surface area (Å²) in [6, 6.07) is 6.23. The Morgan fingerprint density at radius 1 is 1.27 bits per heavy atom. The number of benzene rings is 1. The molecule has 0 spiro atoms. The Hall–Kier alpha value is -1.61. The first-order chi connectivity index (χ1) is 7.20. The highest BCUT2D eigenvalue weighted by molar-refractivity contribution is 5.43. The van der Waals surface area contributed by atoms with E-state index >= 15 is 0 Å². The molecule has 0 bridgehead atoms. The monoisotopic (exact) mass is 201 g/mol. The first-order valence-corrected chi connectivity index (χ1v) is 5.02. The number of aryl methyl sites for hydroxylation is 2. The molecule has 1 aromatic heterocycles. The van der Waals surface area contributed by atoms with Crippen LogP contribution in [0.25, 0.3) is 5.69 Å². The van der Waals surface area contributed by atoms with Crippen molar-refractivity contribution in [3.8, 4) is 5.69 Å². The van der Waals surface area contributed by atoms with Crippen molar-refractivity contribution in [2.75, 3.05) is 0 Å². The summed E-state index contributed by atoms with van der Waals surface area (Å²) in [4.78, 5) is 0. The molecule has 3 nitrogen and oxygen atoms in total. The highest BCUT2D eigenvalue weighted by atomic mass is 15.3. The molecule has 0 aliphatic heterocycles. The third kappa shape index (κ3) is 1.92. The highest BCUT2D eigenvalue weighted by Gasteiger charge is 2.04. The SMILES string of the molecule is Cc1ccc(CN)c(-n2cc(C)cn2)c1. The minimum absolute atomic E-state index is 0.536. The second-order valence-corrected chi connectivity index (χ2v) is 3.80. The van der Waals surface area contributed by atoms with Crippen LogP contribution in [-0.2, 0) is 6.54 Å². The quantitative estimate of drug-likeness (QED) is 0.807. The normalized spacial score (nSPS) is 10.6. The van der Waals surface area contributed by atoms with Crippen molar-refractivity contribution >= 4 is 0 Å². The molecular weight excluding hydrogens is 186 g/mol. The van der Waals surface area contributed by atoms with Crippen LogP contribution in [0.1, 0.15) is 16.7 Å². The van der Waals surface area contributed by atoms with Crippen LogP contribution < -0.4 is 5.73 Å². The molecule has 0 aliphatic carbocycles. The zero-order chi connectivity index (χ0) is 10.8. The average Bonchev–Trinajstić information content (AvgIpc) is 2.65. The van der Waals surface area contributed by atoms with Crippen LogP contribution in [0.2, 0.25) is 0 Å². The van der Waals surface area contributed by atoms with Crippen molar-refractivity contribution in [2.45, 2.75) is 20.4 Å². The van der Waals surface area contributed by atoms with Gasteiger partial charge in [0.15, 0.2) is 0 Å². The van der Waals surface area contributed by atoms with Gasteiger partial charge < -0.3 is 5.73 Å². The first-order valence-electron chi connectivity index (χ1n) is 5.02. The van der Waals surface area contributed by atoms with Crippen molar-refractivity contribution < 1.29 is 0 Å². The molecule has 0 radical (unpaired) electrons. The van der Waals surface area contributed by atoms with Gasteiger partial charge >= 0.3 is 0 Å². The molecule has 2 N–H and O–H groups in total. The van der Waals surface area contributed by atoms with E-state index in [1.807, 2.05) is 24.0 Å². The fourth-order valence-corrected chi connectivity index (χ4v) is 1.60. The van der Waals surface area contributed by atoms with Gasteiger partial charge in [-0.25, -0.2) is 4.68 Å². The van der Waals surface area contributed by atoms with Gasteiger partial charge in [-0.15, -0.1) is 0 Å². The average molecular weight is 201 g/mol. The third-order valence-corrected chi connectivity index (χ3v) is 2.42. The number of hydrogen-bond donors (Lipinski definition) is 1. The Morgan fingerprint density at radius 2 is 2.07 bits per heavy atom. The molecule has 1 heterocycles. The van der Waals surface area contributed by atoms with Crippen LogP contribution in [0.4, 0.5) is 0 Å². The Bertz CT molecular complexity index is 471. The highest BCUT2D eigenvalue weighted by Crippen LogP contribution is 2.16. The standard InChI is InChI=1S/C12H15N3/c1-9-3-4-11(6-13)12(5-9)15-8-10(2)7-14-15/h3-5,7-8H,6,13H2,1-2H3. The predicted octanol–water partition coefficient (Wildman–Crippen LogP) is 1.95. The summed E-state index contributed by atoms with van der Waals surface area (Å²) < 4.78 is 1.88. The van der Waals surface area contributed by atoms with Crippen molar-refractivity contribution in [3.05, 3.63) is 47.3 Å². The van der Waals surface area contributed by atoms with E-state index in [1.165, 1.54) is 5.56 Å². The third-order valence-electron chi connectivity index (χ3n) is 2.42. The van der Waals surface area contributed by atoms with Crippen molar-refractivity contribution in [1.82, 2.24) is 9.78 Å². The molecule has 0 fully saturated rings. The molecule has 1 aromatic carbocycles. The Kier molecular flexibility index (Phi) is 2.56. The Labute approximate surface area is 89.5 Å². The van der Waals surface area contributed by atoms with E-state index < -0.39 is 0 Å². The fourth-order valence-electron chi connectivity index (χ4n) is 1.60. The lowest BCUT2D eigenvalue weighted by Crippen LogP contribution is -2.05. The van der Waals surface area contributed by atoms with Gasteiger partial charge in [-0.05, 0) is 36.6 Å². The minimum Gasteiger partial charge on any atom is -0.326 e. The molecular formula is C12H15N3. The Balaban J connectivity index is 2.55. The molecule has 3 heteroatoms. The van der Waals surface area contributed by atoms with E-state index in [2.05, 4.69) is 30.2 Å². The van der Waals surface area contributed by atoms with Gasteiger partial charge in [-0.2, -0.15) is 5.10 Å². The van der Waals surface area contributed by atoms with Crippen molar-refractivity contribution in [3.63, 3.8) is 0 Å². The van der Waals surface area contributed by atoms with Crippen LogP contribution in [0, 0.1) is 13.8 Å². The van der Waals surface area contributed by atoms with Gasteiger partial charge in [0.25, 0.3) is 0 Å². The summed E-state index contributed by atoms with van der Waals surface area (Å²) in [6.45, 7) is 4.64. The number of nitrogens with two attached hydrogens (primary N) is 1. The summed E-state index contributed by atoms with van der Waals surface area (Å²) >= 11 is 0. The lowest BCUT2D eigenvalue weighted by molar-refractivity contribution is 0.856. The van der Waals surface area contributed by atoms with Crippen LogP contribution in [0.15, 0.2) is 30.6 Å². The molecule has 2 rings (SSSR count).